The fourth-order valence-corrected chi connectivity index (χ4v) is 2.49. The van der Waals surface area contributed by atoms with E-state index < -0.39 is 0 Å². The van der Waals surface area contributed by atoms with Crippen LogP contribution in [0.2, 0.25) is 0 Å². The van der Waals surface area contributed by atoms with Crippen LogP contribution in [0.1, 0.15) is 76.2 Å². The summed E-state index contributed by atoms with van der Waals surface area (Å²) < 4.78 is 1.96. The van der Waals surface area contributed by atoms with Gasteiger partial charge in [0.25, 0.3) is 0 Å². The Bertz CT molecular complexity index is 346. The quantitative estimate of drug-likeness (QED) is 0.388. The average Bonchev–Trinajstić information content (AvgIpc) is 2.79. The molecule has 1 rings (SSSR count). The molecule has 0 aliphatic rings. The van der Waals surface area contributed by atoms with Crippen LogP contribution < -0.4 is 11.3 Å². The van der Waals surface area contributed by atoms with Crippen LogP contribution in [-0.2, 0) is 13.5 Å². The lowest BCUT2D eigenvalue weighted by atomic mass is 10.0. The van der Waals surface area contributed by atoms with Crippen LogP contribution in [0.5, 0.6) is 0 Å². The Morgan fingerprint density at radius 3 is 2.47 bits per heavy atom. The summed E-state index contributed by atoms with van der Waals surface area (Å²) in [6.07, 6.45) is 9.97. The SMILES string of the molecule is CCCCCCCCC(NN)c1cc(CC)nn1C. The third kappa shape index (κ3) is 5.33. The second kappa shape index (κ2) is 9.10. The van der Waals surface area contributed by atoms with Crippen molar-refractivity contribution in [2.75, 3.05) is 0 Å². The largest absolute Gasteiger partial charge is 0.271 e. The molecule has 0 saturated heterocycles. The summed E-state index contributed by atoms with van der Waals surface area (Å²) in [5.74, 6) is 5.70. The first-order chi connectivity index (χ1) is 9.22. The van der Waals surface area contributed by atoms with Crippen molar-refractivity contribution < 1.29 is 0 Å². The van der Waals surface area contributed by atoms with Crippen molar-refractivity contribution in [1.82, 2.24) is 15.2 Å². The maximum atomic E-state index is 5.70. The van der Waals surface area contributed by atoms with Crippen molar-refractivity contribution >= 4 is 0 Å². The highest BCUT2D eigenvalue weighted by atomic mass is 15.3. The normalized spacial score (nSPS) is 12.8. The van der Waals surface area contributed by atoms with E-state index in [1.54, 1.807) is 0 Å². The van der Waals surface area contributed by atoms with E-state index in [1.807, 2.05) is 11.7 Å². The predicted molar refractivity (Wildman–Crippen MR) is 80.6 cm³/mol. The molecule has 0 spiro atoms. The topological polar surface area (TPSA) is 55.9 Å². The number of hydrazine groups is 1. The molecule has 0 aromatic carbocycles. The van der Waals surface area contributed by atoms with Gasteiger partial charge in [-0.2, -0.15) is 5.10 Å². The first kappa shape index (κ1) is 16.2. The molecule has 0 radical (unpaired) electrons. The lowest BCUT2D eigenvalue weighted by Crippen LogP contribution is -2.29. The first-order valence-electron chi connectivity index (χ1n) is 7.71. The van der Waals surface area contributed by atoms with E-state index in [0.717, 1.165) is 18.5 Å². The molecule has 1 atom stereocenters. The van der Waals surface area contributed by atoms with Gasteiger partial charge in [0.2, 0.25) is 0 Å². The van der Waals surface area contributed by atoms with Crippen LogP contribution in [0.25, 0.3) is 0 Å². The highest BCUT2D eigenvalue weighted by Crippen LogP contribution is 2.20. The summed E-state index contributed by atoms with van der Waals surface area (Å²) in [6, 6.07) is 2.39. The van der Waals surface area contributed by atoms with Gasteiger partial charge in [-0.1, -0.05) is 52.4 Å². The first-order valence-corrected chi connectivity index (χ1v) is 7.71. The Morgan fingerprint density at radius 2 is 1.89 bits per heavy atom. The van der Waals surface area contributed by atoms with E-state index in [4.69, 9.17) is 5.84 Å². The molecule has 1 heterocycles. The monoisotopic (exact) mass is 266 g/mol. The van der Waals surface area contributed by atoms with E-state index in [0.29, 0.717) is 0 Å². The standard InChI is InChI=1S/C15H30N4/c1-4-6-7-8-9-10-11-14(17-16)15-12-13(5-2)18-19(15)3/h12,14,17H,4-11,16H2,1-3H3. The summed E-state index contributed by atoms with van der Waals surface area (Å²) in [4.78, 5) is 0. The van der Waals surface area contributed by atoms with Crippen LogP contribution in [-0.4, -0.2) is 9.78 Å². The Morgan fingerprint density at radius 1 is 1.21 bits per heavy atom. The van der Waals surface area contributed by atoms with Crippen molar-refractivity contribution in [2.24, 2.45) is 12.9 Å². The fraction of sp³-hybridized carbons (Fsp3) is 0.800. The second-order valence-electron chi connectivity index (χ2n) is 5.31. The van der Waals surface area contributed by atoms with Crippen molar-refractivity contribution in [3.8, 4) is 0 Å². The zero-order chi connectivity index (χ0) is 14.1. The van der Waals surface area contributed by atoms with Gasteiger partial charge in [0, 0.05) is 7.05 Å². The van der Waals surface area contributed by atoms with Gasteiger partial charge in [-0.15, -0.1) is 0 Å². The van der Waals surface area contributed by atoms with Crippen LogP contribution in [0.15, 0.2) is 6.07 Å². The van der Waals surface area contributed by atoms with Crippen molar-refractivity contribution in [1.29, 1.82) is 0 Å². The molecule has 0 aliphatic carbocycles. The number of hydrogen-bond acceptors (Lipinski definition) is 3. The van der Waals surface area contributed by atoms with Crippen molar-refractivity contribution in [2.45, 2.75) is 71.3 Å². The summed E-state index contributed by atoms with van der Waals surface area (Å²) in [7, 11) is 2.00. The summed E-state index contributed by atoms with van der Waals surface area (Å²) in [5, 5.41) is 4.49. The third-order valence-corrected chi connectivity index (χ3v) is 3.73. The molecule has 0 fully saturated rings. The smallest absolute Gasteiger partial charge is 0.0629 e. The Balaban J connectivity index is 2.38. The van der Waals surface area contributed by atoms with E-state index >= 15 is 0 Å². The fourth-order valence-electron chi connectivity index (χ4n) is 2.49. The summed E-state index contributed by atoms with van der Waals surface area (Å²) in [5.41, 5.74) is 5.28. The highest BCUT2D eigenvalue weighted by molar-refractivity contribution is 5.14. The van der Waals surface area contributed by atoms with Gasteiger partial charge in [0.1, 0.15) is 0 Å². The van der Waals surface area contributed by atoms with Gasteiger partial charge in [0.15, 0.2) is 0 Å². The molecule has 0 bridgehead atoms. The number of unbranched alkanes of at least 4 members (excludes halogenated alkanes) is 5. The third-order valence-electron chi connectivity index (χ3n) is 3.73. The molecule has 0 aliphatic heterocycles. The molecule has 0 amide bonds. The van der Waals surface area contributed by atoms with Gasteiger partial charge >= 0.3 is 0 Å². The zero-order valence-electron chi connectivity index (χ0n) is 12.8. The van der Waals surface area contributed by atoms with Crippen molar-refractivity contribution in [3.63, 3.8) is 0 Å². The lowest BCUT2D eigenvalue weighted by molar-refractivity contribution is 0.452. The van der Waals surface area contributed by atoms with Gasteiger partial charge in [0.05, 0.1) is 17.4 Å². The molecular formula is C15H30N4. The Labute approximate surface area is 117 Å². The minimum Gasteiger partial charge on any atom is -0.271 e. The minimum absolute atomic E-state index is 0.226. The maximum absolute atomic E-state index is 5.70. The Hall–Kier alpha value is -0.870. The number of hydrogen-bond donors (Lipinski definition) is 2. The van der Waals surface area contributed by atoms with Crippen LogP contribution in [0.3, 0.4) is 0 Å². The number of nitrogens with one attached hydrogen (secondary N) is 1. The van der Waals surface area contributed by atoms with Crippen LogP contribution >= 0.6 is 0 Å². The molecule has 1 aromatic heterocycles. The van der Waals surface area contributed by atoms with E-state index in [-0.39, 0.29) is 6.04 Å². The number of nitrogens with zero attached hydrogens (tertiary/aromatic N) is 2. The van der Waals surface area contributed by atoms with Gasteiger partial charge < -0.3 is 0 Å². The zero-order valence-corrected chi connectivity index (χ0v) is 12.8. The second-order valence-corrected chi connectivity index (χ2v) is 5.31. The highest BCUT2D eigenvalue weighted by Gasteiger charge is 2.14. The van der Waals surface area contributed by atoms with Crippen LogP contribution in [0, 0.1) is 0 Å². The van der Waals surface area contributed by atoms with Gasteiger partial charge in [-0.3, -0.25) is 16.0 Å². The molecule has 0 saturated carbocycles. The van der Waals surface area contributed by atoms with E-state index in [9.17, 15) is 0 Å². The molecule has 110 valence electrons. The average molecular weight is 266 g/mol. The predicted octanol–water partition coefficient (Wildman–Crippen LogP) is 3.24. The van der Waals surface area contributed by atoms with Crippen molar-refractivity contribution in [3.05, 3.63) is 17.5 Å². The maximum Gasteiger partial charge on any atom is 0.0629 e. The molecule has 4 heteroatoms. The van der Waals surface area contributed by atoms with E-state index in [1.165, 1.54) is 44.2 Å². The summed E-state index contributed by atoms with van der Waals surface area (Å²) >= 11 is 0. The summed E-state index contributed by atoms with van der Waals surface area (Å²) in [6.45, 7) is 4.38. The molecular weight excluding hydrogens is 236 g/mol. The molecule has 1 unspecified atom stereocenters. The Kier molecular flexibility index (Phi) is 7.75. The van der Waals surface area contributed by atoms with Gasteiger partial charge in [-0.25, -0.2) is 0 Å². The lowest BCUT2D eigenvalue weighted by Gasteiger charge is -2.15. The van der Waals surface area contributed by atoms with Crippen LogP contribution in [0.4, 0.5) is 0 Å². The van der Waals surface area contributed by atoms with E-state index in [2.05, 4.69) is 30.4 Å². The molecule has 19 heavy (non-hydrogen) atoms. The minimum atomic E-state index is 0.226. The number of nitrogens with two attached hydrogens (primary N) is 1. The molecule has 1 aromatic rings. The van der Waals surface area contributed by atoms with Gasteiger partial charge in [-0.05, 0) is 18.9 Å². The molecule has 3 N–H and O–H groups in total. The molecule has 4 nitrogen and oxygen atoms in total. The number of rotatable bonds is 10. The number of aromatic nitrogens is 2. The number of aryl methyl sites for hydroxylation is 2.